The molecule has 0 aliphatic carbocycles. The van der Waals surface area contributed by atoms with Gasteiger partial charge in [0.25, 0.3) is 0 Å². The number of urea groups is 1. The molecule has 4 aromatic carbocycles. The van der Waals surface area contributed by atoms with Gasteiger partial charge in [-0.15, -0.1) is 11.3 Å². The van der Waals surface area contributed by atoms with Crippen molar-refractivity contribution in [3.8, 4) is 0 Å². The highest BCUT2D eigenvalue weighted by molar-refractivity contribution is 7.09. The second-order valence-corrected chi connectivity index (χ2v) is 13.9. The number of rotatable bonds is 14. The molecule has 0 spiro atoms. The fourth-order valence-corrected chi connectivity index (χ4v) is 7.21. The molecule has 51 heavy (non-hydrogen) atoms. The molecule has 9 heteroatoms. The van der Waals surface area contributed by atoms with Gasteiger partial charge in [-0.05, 0) is 28.7 Å². The Hall–Kier alpha value is -5.54. The summed E-state index contributed by atoms with van der Waals surface area (Å²) in [5.74, 6) is 0.0504. The summed E-state index contributed by atoms with van der Waals surface area (Å²) >= 11 is 1.59. The molecule has 0 fully saturated rings. The van der Waals surface area contributed by atoms with Crippen molar-refractivity contribution in [2.45, 2.75) is 50.7 Å². The summed E-state index contributed by atoms with van der Waals surface area (Å²) in [6.45, 7) is 4.98. The minimum atomic E-state index is -0.861. The lowest BCUT2D eigenvalue weighted by molar-refractivity contribution is -0.122. The van der Waals surface area contributed by atoms with Crippen LogP contribution in [0.5, 0.6) is 0 Å². The van der Waals surface area contributed by atoms with Crippen molar-refractivity contribution in [1.29, 1.82) is 0 Å². The number of aromatic nitrogens is 3. The van der Waals surface area contributed by atoms with Gasteiger partial charge in [-0.1, -0.05) is 135 Å². The van der Waals surface area contributed by atoms with Crippen LogP contribution >= 0.6 is 11.3 Å². The molecule has 6 aromatic rings. The van der Waals surface area contributed by atoms with Crippen LogP contribution in [0.25, 0.3) is 0 Å². The van der Waals surface area contributed by atoms with Gasteiger partial charge in [0.05, 0.1) is 29.3 Å². The van der Waals surface area contributed by atoms with Crippen LogP contribution in [0.15, 0.2) is 139 Å². The first-order chi connectivity index (χ1) is 24.8. The summed E-state index contributed by atoms with van der Waals surface area (Å²) < 4.78 is 2.12. The quantitative estimate of drug-likeness (QED) is 0.116. The third-order valence-electron chi connectivity index (χ3n) is 8.99. The predicted molar refractivity (Wildman–Crippen MR) is 204 cm³/mol. The monoisotopic (exact) mass is 696 g/mol. The van der Waals surface area contributed by atoms with E-state index in [9.17, 15) is 9.59 Å². The van der Waals surface area contributed by atoms with Crippen LogP contribution < -0.4 is 10.6 Å². The van der Waals surface area contributed by atoms with Gasteiger partial charge in [0.15, 0.2) is 0 Å². The number of imidazole rings is 1. The molecule has 260 valence electrons. The summed E-state index contributed by atoms with van der Waals surface area (Å²) in [6.07, 6.45) is 4.70. The van der Waals surface area contributed by atoms with Gasteiger partial charge >= 0.3 is 6.03 Å². The van der Waals surface area contributed by atoms with Crippen molar-refractivity contribution in [2.24, 2.45) is 0 Å². The third kappa shape index (κ3) is 8.27. The van der Waals surface area contributed by atoms with E-state index in [1.54, 1.807) is 23.3 Å². The first kappa shape index (κ1) is 35.3. The van der Waals surface area contributed by atoms with E-state index in [4.69, 9.17) is 4.98 Å². The molecule has 2 heterocycles. The Kier molecular flexibility index (Phi) is 11.4. The Morgan fingerprint density at radius 3 is 1.88 bits per heavy atom. The summed E-state index contributed by atoms with van der Waals surface area (Å²) in [4.78, 5) is 38.5. The van der Waals surface area contributed by atoms with Gasteiger partial charge in [-0.3, -0.25) is 4.79 Å². The Bertz CT molecular complexity index is 1900. The molecule has 6 rings (SSSR count). The zero-order valence-corrected chi connectivity index (χ0v) is 30.1. The molecule has 2 aromatic heterocycles. The largest absolute Gasteiger partial charge is 0.354 e. The van der Waals surface area contributed by atoms with Crippen LogP contribution in [-0.2, 0) is 29.7 Å². The lowest BCUT2D eigenvalue weighted by atomic mass is 9.77. The molecule has 1 atom stereocenters. The fraction of sp³-hybridized carbons (Fsp3) is 0.238. The molecule has 0 bridgehead atoms. The van der Waals surface area contributed by atoms with Crippen molar-refractivity contribution in [3.63, 3.8) is 0 Å². The zero-order chi connectivity index (χ0) is 35.6. The SMILES string of the molecule is CC(C)c1nc(CN(C)C(=O)N[C@@H](Cc2cn(C(c3ccccc3)(c3ccccc3)c3ccccc3)cn2)C(=O)NCCc2ccccc2)cs1. The summed E-state index contributed by atoms with van der Waals surface area (Å²) in [7, 11) is 1.72. The highest BCUT2D eigenvalue weighted by atomic mass is 32.1. The van der Waals surface area contributed by atoms with Crippen LogP contribution in [0, 0.1) is 0 Å². The second kappa shape index (κ2) is 16.4. The van der Waals surface area contributed by atoms with E-state index in [-0.39, 0.29) is 18.4 Å². The smallest absolute Gasteiger partial charge is 0.318 e. The molecule has 0 saturated carbocycles. The zero-order valence-electron chi connectivity index (χ0n) is 29.3. The molecule has 3 amide bonds. The molecule has 0 aliphatic rings. The summed E-state index contributed by atoms with van der Waals surface area (Å²) in [5, 5.41) is 9.08. The topological polar surface area (TPSA) is 92.2 Å². The predicted octanol–water partition coefficient (Wildman–Crippen LogP) is 7.41. The Morgan fingerprint density at radius 1 is 0.804 bits per heavy atom. The minimum absolute atomic E-state index is 0.201. The number of carbonyl (C=O) groups is 2. The van der Waals surface area contributed by atoms with E-state index >= 15 is 0 Å². The molecular weight excluding hydrogens is 653 g/mol. The van der Waals surface area contributed by atoms with Gasteiger partial charge < -0.3 is 20.1 Å². The van der Waals surface area contributed by atoms with Gasteiger partial charge in [-0.25, -0.2) is 14.8 Å². The van der Waals surface area contributed by atoms with Crippen molar-refractivity contribution < 1.29 is 9.59 Å². The standard InChI is InChI=1S/C42H44N6O2S/c1-31(2)40-45-37(29-51-40)27-47(3)41(50)46-38(39(49)43-25-24-32-16-8-4-9-17-32)26-36-28-48(30-44-36)42(33-18-10-5-11-19-33,34-20-12-6-13-21-34)35-22-14-7-15-23-35/h4-23,28-31,38H,24-27H2,1-3H3,(H,43,49)(H,46,50)/t38-/m0/s1. The van der Waals surface area contributed by atoms with Crippen molar-refractivity contribution >= 4 is 23.3 Å². The molecule has 0 radical (unpaired) electrons. The summed E-state index contributed by atoms with van der Waals surface area (Å²) in [6, 6.07) is 39.9. The van der Waals surface area contributed by atoms with Gasteiger partial charge in [-0.2, -0.15) is 0 Å². The first-order valence-corrected chi connectivity index (χ1v) is 18.2. The Balaban J connectivity index is 1.30. The Morgan fingerprint density at radius 2 is 1.35 bits per heavy atom. The number of hydrogen-bond acceptors (Lipinski definition) is 5. The normalized spacial score (nSPS) is 12.0. The maximum absolute atomic E-state index is 13.8. The Labute approximate surface area is 304 Å². The van der Waals surface area contributed by atoms with Crippen LogP contribution in [0.2, 0.25) is 0 Å². The van der Waals surface area contributed by atoms with E-state index in [1.165, 1.54) is 0 Å². The molecule has 0 aliphatic heterocycles. The van der Waals surface area contributed by atoms with Crippen LogP contribution in [-0.4, -0.2) is 51.0 Å². The van der Waals surface area contributed by atoms with E-state index < -0.39 is 11.6 Å². The number of benzene rings is 4. The first-order valence-electron chi connectivity index (χ1n) is 17.3. The van der Waals surface area contributed by atoms with Gasteiger partial charge in [0.2, 0.25) is 5.91 Å². The maximum atomic E-state index is 13.8. The molecule has 2 N–H and O–H groups in total. The number of thiazole rings is 1. The third-order valence-corrected chi connectivity index (χ3v) is 10.2. The average Bonchev–Trinajstić information content (AvgIpc) is 3.84. The van der Waals surface area contributed by atoms with E-state index in [0.717, 1.165) is 33.0 Å². The molecular formula is C42H44N6O2S. The minimum Gasteiger partial charge on any atom is -0.354 e. The number of hydrogen-bond donors (Lipinski definition) is 2. The lowest BCUT2D eigenvalue weighted by Crippen LogP contribution is -2.51. The van der Waals surface area contributed by atoms with E-state index in [0.29, 0.717) is 31.1 Å². The number of nitrogens with one attached hydrogen (secondary N) is 2. The molecule has 0 unspecified atom stereocenters. The average molecular weight is 697 g/mol. The molecule has 0 saturated heterocycles. The molecule has 8 nitrogen and oxygen atoms in total. The van der Waals surface area contributed by atoms with Crippen LogP contribution in [0.1, 0.15) is 58.4 Å². The number of amides is 3. The van der Waals surface area contributed by atoms with Crippen molar-refractivity contribution in [2.75, 3.05) is 13.6 Å². The van der Waals surface area contributed by atoms with E-state index in [1.807, 2.05) is 103 Å². The van der Waals surface area contributed by atoms with E-state index in [2.05, 4.69) is 70.4 Å². The van der Waals surface area contributed by atoms with Gasteiger partial charge in [0.1, 0.15) is 11.6 Å². The van der Waals surface area contributed by atoms with Gasteiger partial charge in [0, 0.05) is 37.5 Å². The van der Waals surface area contributed by atoms with Crippen molar-refractivity contribution in [3.05, 3.63) is 178 Å². The van der Waals surface area contributed by atoms with Crippen molar-refractivity contribution in [1.82, 2.24) is 30.1 Å². The maximum Gasteiger partial charge on any atom is 0.318 e. The fourth-order valence-electron chi connectivity index (χ4n) is 6.39. The lowest BCUT2D eigenvalue weighted by Gasteiger charge is -2.37. The summed E-state index contributed by atoms with van der Waals surface area (Å²) in [5.41, 5.74) is 5.09. The second-order valence-electron chi connectivity index (χ2n) is 13.0. The number of nitrogens with zero attached hydrogens (tertiary/aromatic N) is 4. The highest BCUT2D eigenvalue weighted by Gasteiger charge is 2.38. The highest BCUT2D eigenvalue weighted by Crippen LogP contribution is 2.40. The van der Waals surface area contributed by atoms with Crippen LogP contribution in [0.3, 0.4) is 0 Å². The number of carbonyl (C=O) groups excluding carboxylic acids is 2. The van der Waals surface area contributed by atoms with Crippen LogP contribution in [0.4, 0.5) is 4.79 Å².